The maximum atomic E-state index is 8.99. The highest BCUT2D eigenvalue weighted by atomic mass is 35.5. The minimum Gasteiger partial charge on any atom is -0.493 e. The number of hydrogen-bond acceptors (Lipinski definition) is 3. The highest BCUT2D eigenvalue weighted by molar-refractivity contribution is 6.30. The third-order valence-corrected chi connectivity index (χ3v) is 3.25. The molecule has 18 heavy (non-hydrogen) atoms. The molecule has 1 aromatic heterocycles. The van der Waals surface area contributed by atoms with Gasteiger partial charge >= 0.3 is 0 Å². The Morgan fingerprint density at radius 3 is 3.11 bits per heavy atom. The number of imidazole rings is 1. The largest absolute Gasteiger partial charge is 0.493 e. The van der Waals surface area contributed by atoms with Crippen LogP contribution in [0, 0.1) is 0 Å². The van der Waals surface area contributed by atoms with Crippen molar-refractivity contribution in [2.45, 2.75) is 19.6 Å². The van der Waals surface area contributed by atoms with E-state index in [-0.39, 0.29) is 6.61 Å². The van der Waals surface area contributed by atoms with Crippen molar-refractivity contribution in [3.63, 3.8) is 0 Å². The fourth-order valence-electron chi connectivity index (χ4n) is 2.23. The van der Waals surface area contributed by atoms with Crippen molar-refractivity contribution in [3.8, 4) is 5.75 Å². The molecule has 2 aromatic rings. The third kappa shape index (κ3) is 2.09. The van der Waals surface area contributed by atoms with Crippen LogP contribution in [-0.4, -0.2) is 21.3 Å². The first-order valence-electron chi connectivity index (χ1n) is 5.82. The Morgan fingerprint density at radius 2 is 2.33 bits per heavy atom. The zero-order valence-electron chi connectivity index (χ0n) is 9.77. The van der Waals surface area contributed by atoms with E-state index < -0.39 is 0 Å². The predicted molar refractivity (Wildman–Crippen MR) is 67.9 cm³/mol. The lowest BCUT2D eigenvalue weighted by Crippen LogP contribution is -1.99. The predicted octanol–water partition coefficient (Wildman–Crippen LogP) is 2.01. The van der Waals surface area contributed by atoms with Gasteiger partial charge in [0, 0.05) is 23.2 Å². The van der Waals surface area contributed by atoms with Crippen molar-refractivity contribution in [1.82, 2.24) is 9.55 Å². The molecule has 3 rings (SSSR count). The van der Waals surface area contributed by atoms with Gasteiger partial charge in [0.05, 0.1) is 31.8 Å². The molecule has 0 aliphatic carbocycles. The first-order valence-corrected chi connectivity index (χ1v) is 6.19. The van der Waals surface area contributed by atoms with Gasteiger partial charge in [-0.25, -0.2) is 4.98 Å². The number of fused-ring (bicyclic) bond motifs is 1. The molecule has 0 bridgehead atoms. The van der Waals surface area contributed by atoms with Gasteiger partial charge in [0.2, 0.25) is 0 Å². The van der Waals surface area contributed by atoms with Crippen LogP contribution in [0.3, 0.4) is 0 Å². The van der Waals surface area contributed by atoms with Crippen molar-refractivity contribution >= 4 is 11.6 Å². The van der Waals surface area contributed by atoms with Gasteiger partial charge in [-0.15, -0.1) is 0 Å². The normalized spacial score (nSPS) is 13.4. The molecule has 1 aromatic carbocycles. The Labute approximate surface area is 110 Å². The molecule has 0 unspecified atom stereocenters. The Hall–Kier alpha value is -1.52. The van der Waals surface area contributed by atoms with Gasteiger partial charge in [-0.1, -0.05) is 11.6 Å². The number of aromatic nitrogens is 2. The van der Waals surface area contributed by atoms with Crippen molar-refractivity contribution in [3.05, 3.63) is 46.5 Å². The van der Waals surface area contributed by atoms with E-state index in [1.54, 1.807) is 6.33 Å². The van der Waals surface area contributed by atoms with E-state index >= 15 is 0 Å². The molecule has 1 aliphatic rings. The average molecular weight is 265 g/mol. The van der Waals surface area contributed by atoms with Gasteiger partial charge in [0.1, 0.15) is 5.75 Å². The summed E-state index contributed by atoms with van der Waals surface area (Å²) in [5.74, 6) is 0.943. The fourth-order valence-corrected chi connectivity index (χ4v) is 2.50. The Balaban J connectivity index is 1.92. The molecule has 4 nitrogen and oxygen atoms in total. The van der Waals surface area contributed by atoms with Gasteiger partial charge in [-0.05, 0) is 17.7 Å². The average Bonchev–Trinajstić information content (AvgIpc) is 2.97. The lowest BCUT2D eigenvalue weighted by atomic mass is 10.1. The van der Waals surface area contributed by atoms with Crippen LogP contribution in [0.2, 0.25) is 5.02 Å². The van der Waals surface area contributed by atoms with Crippen LogP contribution in [0.15, 0.2) is 24.7 Å². The second kappa shape index (κ2) is 4.63. The lowest BCUT2D eigenvalue weighted by Gasteiger charge is -2.09. The first-order chi connectivity index (χ1) is 8.76. The van der Waals surface area contributed by atoms with Crippen LogP contribution in [0.1, 0.15) is 16.8 Å². The summed E-state index contributed by atoms with van der Waals surface area (Å²) in [5.41, 5.74) is 2.88. The topological polar surface area (TPSA) is 47.3 Å². The van der Waals surface area contributed by atoms with Crippen molar-refractivity contribution in [1.29, 1.82) is 0 Å². The minimum absolute atomic E-state index is 0.0445. The Morgan fingerprint density at radius 1 is 1.44 bits per heavy atom. The van der Waals surface area contributed by atoms with E-state index in [1.165, 1.54) is 5.56 Å². The zero-order chi connectivity index (χ0) is 12.5. The number of aliphatic hydroxyl groups excluding tert-OH is 1. The van der Waals surface area contributed by atoms with Crippen LogP contribution in [0.25, 0.3) is 0 Å². The Kier molecular flexibility index (Phi) is 2.97. The van der Waals surface area contributed by atoms with E-state index in [4.69, 9.17) is 21.4 Å². The van der Waals surface area contributed by atoms with Gasteiger partial charge in [-0.3, -0.25) is 0 Å². The molecule has 1 N–H and O–H groups in total. The smallest absolute Gasteiger partial charge is 0.127 e. The molecule has 5 heteroatoms. The quantitative estimate of drug-likeness (QED) is 0.923. The summed E-state index contributed by atoms with van der Waals surface area (Å²) < 4.78 is 7.56. The van der Waals surface area contributed by atoms with Crippen LogP contribution >= 0.6 is 11.6 Å². The van der Waals surface area contributed by atoms with Crippen molar-refractivity contribution in [2.75, 3.05) is 6.61 Å². The Bertz CT molecular complexity index is 580. The summed E-state index contributed by atoms with van der Waals surface area (Å²) in [5, 5.41) is 9.73. The van der Waals surface area contributed by atoms with Crippen LogP contribution in [0.4, 0.5) is 0 Å². The molecule has 0 radical (unpaired) electrons. The summed E-state index contributed by atoms with van der Waals surface area (Å²) in [6.07, 6.45) is 4.44. The zero-order valence-corrected chi connectivity index (χ0v) is 10.5. The number of aliphatic hydroxyl groups is 1. The van der Waals surface area contributed by atoms with Gasteiger partial charge < -0.3 is 14.4 Å². The van der Waals surface area contributed by atoms with Gasteiger partial charge in [-0.2, -0.15) is 0 Å². The van der Waals surface area contributed by atoms with E-state index in [0.29, 0.717) is 18.8 Å². The maximum absolute atomic E-state index is 8.99. The molecular weight excluding hydrogens is 252 g/mol. The highest BCUT2D eigenvalue weighted by Gasteiger charge is 2.17. The van der Waals surface area contributed by atoms with Crippen molar-refractivity contribution < 1.29 is 9.84 Å². The number of benzene rings is 1. The third-order valence-electron chi connectivity index (χ3n) is 3.03. The number of rotatable bonds is 3. The molecule has 0 fully saturated rings. The molecule has 0 saturated heterocycles. The summed E-state index contributed by atoms with van der Waals surface area (Å²) in [6.45, 7) is 1.32. The van der Waals surface area contributed by atoms with E-state index in [9.17, 15) is 0 Å². The first kappa shape index (κ1) is 11.6. The summed E-state index contributed by atoms with van der Waals surface area (Å²) in [7, 11) is 0. The van der Waals surface area contributed by atoms with Crippen LogP contribution in [0.5, 0.6) is 5.75 Å². The monoisotopic (exact) mass is 264 g/mol. The van der Waals surface area contributed by atoms with Crippen molar-refractivity contribution in [2.24, 2.45) is 0 Å². The summed E-state index contributed by atoms with van der Waals surface area (Å²) in [6, 6.07) is 3.88. The molecule has 0 saturated carbocycles. The summed E-state index contributed by atoms with van der Waals surface area (Å²) >= 11 is 6.11. The number of ether oxygens (including phenoxy) is 1. The summed E-state index contributed by atoms with van der Waals surface area (Å²) in [4.78, 5) is 4.09. The molecular formula is C13H13ClN2O2. The van der Waals surface area contributed by atoms with Crippen LogP contribution in [-0.2, 0) is 19.6 Å². The van der Waals surface area contributed by atoms with E-state index in [2.05, 4.69) is 4.98 Å². The standard InChI is InChI=1S/C13H13ClN2O2/c14-11-3-9-1-2-18-13(9)10(4-11)5-16-6-12(7-17)15-8-16/h3-4,6,8,17H,1-2,5,7H2. The minimum atomic E-state index is -0.0445. The van der Waals surface area contributed by atoms with E-state index in [1.807, 2.05) is 22.9 Å². The molecule has 2 heterocycles. The second-order valence-electron chi connectivity index (χ2n) is 4.35. The SMILES string of the molecule is OCc1cn(Cc2cc(Cl)cc3c2OCC3)cn1. The molecule has 1 aliphatic heterocycles. The molecule has 94 valence electrons. The number of hydrogen-bond donors (Lipinski definition) is 1. The number of nitrogens with zero attached hydrogens (tertiary/aromatic N) is 2. The lowest BCUT2D eigenvalue weighted by molar-refractivity contribution is 0.277. The number of halogens is 1. The fraction of sp³-hybridized carbons (Fsp3) is 0.308. The molecule has 0 atom stereocenters. The van der Waals surface area contributed by atoms with Gasteiger partial charge in [0.25, 0.3) is 0 Å². The second-order valence-corrected chi connectivity index (χ2v) is 4.78. The van der Waals surface area contributed by atoms with Crippen LogP contribution < -0.4 is 4.74 Å². The van der Waals surface area contributed by atoms with Gasteiger partial charge in [0.15, 0.2) is 0 Å². The maximum Gasteiger partial charge on any atom is 0.127 e. The molecule has 0 amide bonds. The highest BCUT2D eigenvalue weighted by Crippen LogP contribution is 2.33. The van der Waals surface area contributed by atoms with E-state index in [0.717, 1.165) is 22.8 Å². The molecule has 0 spiro atoms.